The summed E-state index contributed by atoms with van der Waals surface area (Å²) in [6, 6.07) is 3.34. The number of non-ortho nitro benzene ring substituents is 1. The molecule has 1 aromatic rings. The van der Waals surface area contributed by atoms with Gasteiger partial charge in [-0.3, -0.25) is 19.6 Å². The molecule has 0 aliphatic rings. The zero-order valence-electron chi connectivity index (χ0n) is 10.1. The van der Waals surface area contributed by atoms with E-state index in [0.29, 0.717) is 0 Å². The van der Waals surface area contributed by atoms with E-state index in [4.69, 9.17) is 16.7 Å². The molecule has 20 heavy (non-hydrogen) atoms. The fraction of sp³-hybridized carbons (Fsp3) is 0.300. The van der Waals surface area contributed by atoms with E-state index in [9.17, 15) is 23.3 Å². The Labute approximate surface area is 119 Å². The average molecular weight is 323 g/mol. The maximum absolute atomic E-state index is 11.7. The lowest BCUT2D eigenvalue weighted by Gasteiger charge is -2.08. The number of carbonyl (C=O) groups is 1. The summed E-state index contributed by atoms with van der Waals surface area (Å²) in [6.45, 7) is 0. The van der Waals surface area contributed by atoms with E-state index in [-0.39, 0.29) is 29.2 Å². The van der Waals surface area contributed by atoms with Gasteiger partial charge in [0.1, 0.15) is 0 Å². The average Bonchev–Trinajstić information content (AvgIpc) is 2.30. The zero-order chi connectivity index (χ0) is 15.3. The molecular formula is C10H11ClN2O6S. The van der Waals surface area contributed by atoms with E-state index in [1.807, 2.05) is 0 Å². The first-order valence-electron chi connectivity index (χ1n) is 5.37. The molecule has 1 rings (SSSR count). The number of nitrogens with zero attached hydrogens (tertiary/aromatic N) is 1. The van der Waals surface area contributed by atoms with E-state index in [1.54, 1.807) is 0 Å². The Morgan fingerprint density at radius 3 is 2.65 bits per heavy atom. The van der Waals surface area contributed by atoms with Gasteiger partial charge in [-0.1, -0.05) is 11.6 Å². The molecular weight excluding hydrogens is 312 g/mol. The van der Waals surface area contributed by atoms with Gasteiger partial charge in [0.25, 0.3) is 5.69 Å². The third-order valence-electron chi connectivity index (χ3n) is 2.23. The summed E-state index contributed by atoms with van der Waals surface area (Å²) in [7, 11) is -3.82. The summed E-state index contributed by atoms with van der Waals surface area (Å²) in [6.07, 6.45) is -0.360. The van der Waals surface area contributed by atoms with Crippen molar-refractivity contribution in [1.29, 1.82) is 0 Å². The predicted octanol–water partition coefficient (Wildman–Crippen LogP) is 1.85. The van der Waals surface area contributed by atoms with Crippen LogP contribution in [0.2, 0.25) is 5.02 Å². The van der Waals surface area contributed by atoms with Gasteiger partial charge in [0.05, 0.1) is 21.4 Å². The molecule has 0 saturated heterocycles. The first-order chi connectivity index (χ1) is 9.21. The maximum atomic E-state index is 11.7. The van der Waals surface area contributed by atoms with E-state index in [1.165, 1.54) is 6.07 Å². The third-order valence-corrected chi connectivity index (χ3v) is 3.92. The van der Waals surface area contributed by atoms with Crippen LogP contribution in [-0.4, -0.2) is 30.2 Å². The van der Waals surface area contributed by atoms with Crippen molar-refractivity contribution in [3.63, 3.8) is 0 Å². The van der Waals surface area contributed by atoms with Crippen molar-refractivity contribution in [2.45, 2.75) is 12.8 Å². The molecule has 0 aliphatic heterocycles. The minimum atomic E-state index is -3.82. The lowest BCUT2D eigenvalue weighted by Crippen LogP contribution is -2.17. The van der Waals surface area contributed by atoms with Crippen LogP contribution < -0.4 is 4.72 Å². The third kappa shape index (κ3) is 5.02. The Balaban J connectivity index is 2.83. The molecule has 0 atom stereocenters. The second-order valence-electron chi connectivity index (χ2n) is 3.84. The van der Waals surface area contributed by atoms with Crippen LogP contribution in [-0.2, 0) is 14.8 Å². The van der Waals surface area contributed by atoms with Gasteiger partial charge >= 0.3 is 5.97 Å². The number of benzene rings is 1. The smallest absolute Gasteiger partial charge is 0.303 e. The predicted molar refractivity (Wildman–Crippen MR) is 72.4 cm³/mol. The van der Waals surface area contributed by atoms with Crippen LogP contribution in [0.1, 0.15) is 12.8 Å². The summed E-state index contributed by atoms with van der Waals surface area (Å²) >= 11 is 5.75. The fourth-order valence-electron chi connectivity index (χ4n) is 1.34. The number of anilines is 1. The Morgan fingerprint density at radius 1 is 1.45 bits per heavy atom. The highest BCUT2D eigenvalue weighted by atomic mass is 35.5. The topological polar surface area (TPSA) is 127 Å². The van der Waals surface area contributed by atoms with Crippen LogP contribution in [0.3, 0.4) is 0 Å². The van der Waals surface area contributed by atoms with Crippen LogP contribution in [0, 0.1) is 10.1 Å². The van der Waals surface area contributed by atoms with Gasteiger partial charge in [0, 0.05) is 18.6 Å². The molecule has 0 saturated carbocycles. The number of carboxylic acid groups (broad SMARTS) is 1. The number of nitro benzene ring substituents is 1. The summed E-state index contributed by atoms with van der Waals surface area (Å²) in [5.41, 5.74) is -0.422. The summed E-state index contributed by atoms with van der Waals surface area (Å²) < 4.78 is 25.5. The number of hydrogen-bond acceptors (Lipinski definition) is 5. The summed E-state index contributed by atoms with van der Waals surface area (Å²) in [5.74, 6) is -1.52. The Kier molecular flexibility index (Phi) is 5.28. The highest BCUT2D eigenvalue weighted by molar-refractivity contribution is 7.92. The van der Waals surface area contributed by atoms with Crippen LogP contribution in [0.4, 0.5) is 11.4 Å². The minimum absolute atomic E-state index is 0.0115. The van der Waals surface area contributed by atoms with Crippen molar-refractivity contribution >= 4 is 39.0 Å². The van der Waals surface area contributed by atoms with Crippen LogP contribution in [0.25, 0.3) is 0 Å². The number of aliphatic carboxylic acids is 1. The summed E-state index contributed by atoms with van der Waals surface area (Å²) in [5, 5.41) is 19.0. The number of carboxylic acids is 1. The highest BCUT2D eigenvalue weighted by Gasteiger charge is 2.16. The molecule has 1 aromatic carbocycles. The number of hydrogen-bond donors (Lipinski definition) is 2. The zero-order valence-corrected chi connectivity index (χ0v) is 11.6. The van der Waals surface area contributed by atoms with E-state index in [2.05, 4.69) is 4.72 Å². The second kappa shape index (κ2) is 6.53. The maximum Gasteiger partial charge on any atom is 0.303 e. The van der Waals surface area contributed by atoms with Gasteiger partial charge in [-0.25, -0.2) is 8.42 Å². The molecule has 0 amide bonds. The van der Waals surface area contributed by atoms with Crippen LogP contribution in [0.5, 0.6) is 0 Å². The molecule has 0 aromatic heterocycles. The van der Waals surface area contributed by atoms with Gasteiger partial charge < -0.3 is 5.11 Å². The van der Waals surface area contributed by atoms with Crippen molar-refractivity contribution in [2.75, 3.05) is 10.5 Å². The van der Waals surface area contributed by atoms with Gasteiger partial charge in [-0.2, -0.15) is 0 Å². The van der Waals surface area contributed by atoms with Gasteiger partial charge in [0.15, 0.2) is 0 Å². The lowest BCUT2D eigenvalue weighted by atomic mass is 10.3. The molecule has 110 valence electrons. The first kappa shape index (κ1) is 16.2. The van der Waals surface area contributed by atoms with Crippen molar-refractivity contribution in [1.82, 2.24) is 0 Å². The second-order valence-corrected chi connectivity index (χ2v) is 6.09. The quantitative estimate of drug-likeness (QED) is 0.582. The van der Waals surface area contributed by atoms with Gasteiger partial charge in [0.2, 0.25) is 10.0 Å². The molecule has 2 N–H and O–H groups in total. The number of nitro groups is 1. The molecule has 0 spiro atoms. The van der Waals surface area contributed by atoms with Crippen LogP contribution >= 0.6 is 11.6 Å². The summed E-state index contributed by atoms with van der Waals surface area (Å²) in [4.78, 5) is 20.2. The standard InChI is InChI=1S/C10H11ClN2O6S/c11-8-4-3-7(13(16)17)6-9(8)12-20(18,19)5-1-2-10(14)15/h3-4,6,12H,1-2,5H2,(H,14,15). The van der Waals surface area contributed by atoms with Crippen molar-refractivity contribution in [3.05, 3.63) is 33.3 Å². The molecule has 10 heteroatoms. The Morgan fingerprint density at radius 2 is 2.10 bits per heavy atom. The Bertz CT molecular complexity index is 631. The normalized spacial score (nSPS) is 11.1. The van der Waals surface area contributed by atoms with E-state index < -0.39 is 26.7 Å². The first-order valence-corrected chi connectivity index (χ1v) is 7.40. The number of halogens is 1. The molecule has 0 fully saturated rings. The monoisotopic (exact) mass is 322 g/mol. The fourth-order valence-corrected chi connectivity index (χ4v) is 2.69. The number of sulfonamides is 1. The van der Waals surface area contributed by atoms with Crippen LogP contribution in [0.15, 0.2) is 18.2 Å². The molecule has 0 radical (unpaired) electrons. The van der Waals surface area contributed by atoms with Gasteiger partial charge in [-0.15, -0.1) is 0 Å². The molecule has 0 unspecified atom stereocenters. The van der Waals surface area contributed by atoms with Gasteiger partial charge in [-0.05, 0) is 12.5 Å². The van der Waals surface area contributed by atoms with Crippen molar-refractivity contribution in [3.8, 4) is 0 Å². The largest absolute Gasteiger partial charge is 0.481 e. The minimum Gasteiger partial charge on any atom is -0.481 e. The molecule has 0 heterocycles. The Hall–Kier alpha value is -1.87. The molecule has 8 nitrogen and oxygen atoms in total. The van der Waals surface area contributed by atoms with E-state index >= 15 is 0 Å². The van der Waals surface area contributed by atoms with E-state index in [0.717, 1.165) is 12.1 Å². The lowest BCUT2D eigenvalue weighted by molar-refractivity contribution is -0.384. The number of rotatable bonds is 7. The van der Waals surface area contributed by atoms with Crippen molar-refractivity contribution in [2.24, 2.45) is 0 Å². The van der Waals surface area contributed by atoms with Crippen molar-refractivity contribution < 1.29 is 23.2 Å². The molecule has 0 aliphatic carbocycles. The SMILES string of the molecule is O=C(O)CCCS(=O)(=O)Nc1cc([N+](=O)[O-])ccc1Cl. The molecule has 0 bridgehead atoms. The highest BCUT2D eigenvalue weighted by Crippen LogP contribution is 2.27. The number of nitrogens with one attached hydrogen (secondary N) is 1.